The average molecular weight is 258 g/mol. The Morgan fingerprint density at radius 3 is 2.74 bits per heavy atom. The van der Waals surface area contributed by atoms with Gasteiger partial charge in [0.25, 0.3) is 0 Å². The first-order valence-corrected chi connectivity index (χ1v) is 7.44. The Kier molecular flexibility index (Phi) is 5.03. The molecule has 0 amide bonds. The zero-order valence-electron chi connectivity index (χ0n) is 12.4. The first-order valence-electron chi connectivity index (χ1n) is 7.44. The molecule has 2 rings (SSSR count). The van der Waals surface area contributed by atoms with Crippen LogP contribution in [0.4, 0.5) is 0 Å². The zero-order chi connectivity index (χ0) is 13.7. The van der Waals surface area contributed by atoms with Crippen molar-refractivity contribution in [2.45, 2.75) is 40.2 Å². The minimum absolute atomic E-state index is 0.746. The first kappa shape index (κ1) is 14.1. The van der Waals surface area contributed by atoms with Crippen molar-refractivity contribution in [1.29, 1.82) is 0 Å². The van der Waals surface area contributed by atoms with Crippen LogP contribution in [-0.4, -0.2) is 17.7 Å². The van der Waals surface area contributed by atoms with Crippen molar-refractivity contribution in [2.75, 3.05) is 13.1 Å². The van der Waals surface area contributed by atoms with Crippen LogP contribution in [0.1, 0.15) is 32.4 Å². The number of aryl methyl sites for hydroxylation is 2. The van der Waals surface area contributed by atoms with Crippen molar-refractivity contribution in [3.8, 4) is 0 Å². The standard InChI is InChI=1S/C17H26N2/c1-14(2)13-18-10-6-7-11-19-15(3)12-16-8-4-5-9-17(16)19/h4-5,8-9,12,14,18H,6-7,10-11,13H2,1-3H3. The Morgan fingerprint density at radius 1 is 1.16 bits per heavy atom. The van der Waals surface area contributed by atoms with Crippen LogP contribution in [0.15, 0.2) is 30.3 Å². The number of hydrogen-bond donors (Lipinski definition) is 1. The van der Waals surface area contributed by atoms with Crippen LogP contribution in [0.25, 0.3) is 10.9 Å². The van der Waals surface area contributed by atoms with Gasteiger partial charge in [0.2, 0.25) is 0 Å². The number of rotatable bonds is 7. The molecule has 0 spiro atoms. The maximum atomic E-state index is 3.51. The second-order valence-electron chi connectivity index (χ2n) is 5.80. The number of benzene rings is 1. The van der Waals surface area contributed by atoms with E-state index in [1.54, 1.807) is 0 Å². The van der Waals surface area contributed by atoms with Gasteiger partial charge < -0.3 is 9.88 Å². The molecule has 2 aromatic rings. The SMILES string of the molecule is Cc1cc2ccccc2n1CCCCNCC(C)C. The normalized spacial score (nSPS) is 11.6. The summed E-state index contributed by atoms with van der Waals surface area (Å²) in [6, 6.07) is 10.9. The van der Waals surface area contributed by atoms with Gasteiger partial charge in [0.15, 0.2) is 0 Å². The number of unbranched alkanes of at least 4 members (excludes halogenated alkanes) is 1. The van der Waals surface area contributed by atoms with E-state index in [1.165, 1.54) is 29.4 Å². The molecule has 104 valence electrons. The van der Waals surface area contributed by atoms with Crippen molar-refractivity contribution in [1.82, 2.24) is 9.88 Å². The maximum absolute atomic E-state index is 3.51. The third-order valence-electron chi connectivity index (χ3n) is 3.56. The molecule has 0 saturated heterocycles. The zero-order valence-corrected chi connectivity index (χ0v) is 12.4. The lowest BCUT2D eigenvalue weighted by atomic mass is 10.2. The van der Waals surface area contributed by atoms with Crippen LogP contribution >= 0.6 is 0 Å². The summed E-state index contributed by atoms with van der Waals surface area (Å²) in [5.74, 6) is 0.746. The van der Waals surface area contributed by atoms with Crippen LogP contribution in [0.2, 0.25) is 0 Å². The van der Waals surface area contributed by atoms with Gasteiger partial charge in [-0.05, 0) is 56.3 Å². The van der Waals surface area contributed by atoms with Gasteiger partial charge in [0.05, 0.1) is 0 Å². The van der Waals surface area contributed by atoms with E-state index in [1.807, 2.05) is 0 Å². The average Bonchev–Trinajstić information content (AvgIpc) is 2.69. The number of para-hydroxylation sites is 1. The third-order valence-corrected chi connectivity index (χ3v) is 3.56. The molecule has 1 aromatic carbocycles. The van der Waals surface area contributed by atoms with E-state index in [2.05, 4.69) is 61.0 Å². The second kappa shape index (κ2) is 6.76. The molecule has 0 radical (unpaired) electrons. The highest BCUT2D eigenvalue weighted by Crippen LogP contribution is 2.19. The highest BCUT2D eigenvalue weighted by atomic mass is 15.0. The van der Waals surface area contributed by atoms with Crippen LogP contribution in [0.3, 0.4) is 0 Å². The van der Waals surface area contributed by atoms with Crippen molar-refractivity contribution in [2.24, 2.45) is 5.92 Å². The minimum atomic E-state index is 0.746. The Bertz CT molecular complexity index is 511. The van der Waals surface area contributed by atoms with E-state index in [4.69, 9.17) is 0 Å². The van der Waals surface area contributed by atoms with Gasteiger partial charge in [0, 0.05) is 17.8 Å². The highest BCUT2D eigenvalue weighted by molar-refractivity contribution is 5.81. The predicted octanol–water partition coefficient (Wildman–Crippen LogP) is 3.98. The molecule has 0 unspecified atom stereocenters. The fourth-order valence-electron chi connectivity index (χ4n) is 2.56. The van der Waals surface area contributed by atoms with Crippen molar-refractivity contribution in [3.63, 3.8) is 0 Å². The Labute approximate surface area is 116 Å². The first-order chi connectivity index (χ1) is 9.18. The minimum Gasteiger partial charge on any atom is -0.345 e. The lowest BCUT2D eigenvalue weighted by molar-refractivity contribution is 0.520. The number of nitrogens with zero attached hydrogens (tertiary/aromatic N) is 1. The van der Waals surface area contributed by atoms with Crippen LogP contribution in [-0.2, 0) is 6.54 Å². The number of fused-ring (bicyclic) bond motifs is 1. The quantitative estimate of drug-likeness (QED) is 0.743. The van der Waals surface area contributed by atoms with Crippen LogP contribution < -0.4 is 5.32 Å². The second-order valence-corrected chi connectivity index (χ2v) is 5.80. The van der Waals surface area contributed by atoms with E-state index < -0.39 is 0 Å². The summed E-state index contributed by atoms with van der Waals surface area (Å²) in [5, 5.41) is 4.87. The molecule has 0 bridgehead atoms. The molecule has 2 heteroatoms. The maximum Gasteiger partial charge on any atom is 0.0482 e. The molecule has 0 aliphatic carbocycles. The summed E-state index contributed by atoms with van der Waals surface area (Å²) >= 11 is 0. The summed E-state index contributed by atoms with van der Waals surface area (Å²) in [6.07, 6.45) is 2.49. The van der Waals surface area contributed by atoms with E-state index in [-0.39, 0.29) is 0 Å². The Hall–Kier alpha value is -1.28. The molecule has 0 atom stereocenters. The largest absolute Gasteiger partial charge is 0.345 e. The molecule has 0 aliphatic rings. The third kappa shape index (κ3) is 3.84. The predicted molar refractivity (Wildman–Crippen MR) is 83.6 cm³/mol. The molecule has 1 heterocycles. The molecule has 0 aliphatic heterocycles. The fraction of sp³-hybridized carbons (Fsp3) is 0.529. The number of nitrogens with one attached hydrogen (secondary N) is 1. The molecule has 19 heavy (non-hydrogen) atoms. The van der Waals surface area contributed by atoms with Crippen LogP contribution in [0.5, 0.6) is 0 Å². The van der Waals surface area contributed by atoms with E-state index in [0.29, 0.717) is 0 Å². The smallest absolute Gasteiger partial charge is 0.0482 e. The Morgan fingerprint density at radius 2 is 1.95 bits per heavy atom. The molecule has 1 N–H and O–H groups in total. The van der Waals surface area contributed by atoms with Gasteiger partial charge in [0.1, 0.15) is 0 Å². The van der Waals surface area contributed by atoms with E-state index in [0.717, 1.165) is 25.6 Å². The molecular weight excluding hydrogens is 232 g/mol. The lowest BCUT2D eigenvalue weighted by Crippen LogP contribution is -2.20. The summed E-state index contributed by atoms with van der Waals surface area (Å²) in [7, 11) is 0. The summed E-state index contributed by atoms with van der Waals surface area (Å²) < 4.78 is 2.44. The number of hydrogen-bond acceptors (Lipinski definition) is 1. The van der Waals surface area contributed by atoms with Crippen LogP contribution in [0, 0.1) is 12.8 Å². The van der Waals surface area contributed by atoms with E-state index in [9.17, 15) is 0 Å². The van der Waals surface area contributed by atoms with Gasteiger partial charge in [-0.15, -0.1) is 0 Å². The monoisotopic (exact) mass is 258 g/mol. The van der Waals surface area contributed by atoms with E-state index >= 15 is 0 Å². The summed E-state index contributed by atoms with van der Waals surface area (Å²) in [5.41, 5.74) is 2.74. The van der Waals surface area contributed by atoms with Crippen molar-refractivity contribution in [3.05, 3.63) is 36.0 Å². The summed E-state index contributed by atoms with van der Waals surface area (Å²) in [6.45, 7) is 10.1. The summed E-state index contributed by atoms with van der Waals surface area (Å²) in [4.78, 5) is 0. The molecular formula is C17H26N2. The topological polar surface area (TPSA) is 17.0 Å². The van der Waals surface area contributed by atoms with Gasteiger partial charge in [-0.2, -0.15) is 0 Å². The molecule has 1 aromatic heterocycles. The number of aromatic nitrogens is 1. The fourth-order valence-corrected chi connectivity index (χ4v) is 2.56. The highest BCUT2D eigenvalue weighted by Gasteiger charge is 2.04. The molecule has 0 saturated carbocycles. The van der Waals surface area contributed by atoms with Crippen molar-refractivity contribution >= 4 is 10.9 Å². The lowest BCUT2D eigenvalue weighted by Gasteiger charge is -2.10. The molecule has 0 fully saturated rings. The van der Waals surface area contributed by atoms with Gasteiger partial charge in [-0.1, -0.05) is 32.0 Å². The van der Waals surface area contributed by atoms with Gasteiger partial charge in [-0.25, -0.2) is 0 Å². The van der Waals surface area contributed by atoms with Gasteiger partial charge >= 0.3 is 0 Å². The Balaban J connectivity index is 1.83. The van der Waals surface area contributed by atoms with Gasteiger partial charge in [-0.3, -0.25) is 0 Å². The van der Waals surface area contributed by atoms with Crippen molar-refractivity contribution < 1.29 is 0 Å². The molecule has 2 nitrogen and oxygen atoms in total.